The lowest BCUT2D eigenvalue weighted by Crippen LogP contribution is -2.28. The second kappa shape index (κ2) is 8.25. The van der Waals surface area contributed by atoms with Gasteiger partial charge >= 0.3 is 0 Å². The Hall–Kier alpha value is -0.900. The molecule has 0 aliphatic rings. The molecular weight excluding hydrogens is 224 g/mol. The minimum atomic E-state index is 0.229. The summed E-state index contributed by atoms with van der Waals surface area (Å²) in [7, 11) is 2.05. The van der Waals surface area contributed by atoms with Gasteiger partial charge in [-0.1, -0.05) is 36.8 Å². The topological polar surface area (TPSA) is 35.5 Å². The Balaban J connectivity index is 2.56. The van der Waals surface area contributed by atoms with E-state index in [0.717, 1.165) is 26.1 Å². The first-order chi connectivity index (χ1) is 8.67. The van der Waals surface area contributed by atoms with Gasteiger partial charge in [-0.25, -0.2) is 0 Å². The fourth-order valence-corrected chi connectivity index (χ4v) is 2.06. The van der Waals surface area contributed by atoms with Crippen molar-refractivity contribution < 1.29 is 5.11 Å². The van der Waals surface area contributed by atoms with Crippen molar-refractivity contribution in [1.82, 2.24) is 10.2 Å². The number of nitrogens with zero attached hydrogens (tertiary/aromatic N) is 1. The fourth-order valence-electron chi connectivity index (χ4n) is 2.06. The molecule has 0 bridgehead atoms. The van der Waals surface area contributed by atoms with E-state index in [0.29, 0.717) is 6.04 Å². The van der Waals surface area contributed by atoms with E-state index < -0.39 is 0 Å². The molecule has 18 heavy (non-hydrogen) atoms. The molecule has 1 rings (SSSR count). The molecule has 0 radical (unpaired) electrons. The molecule has 1 unspecified atom stereocenters. The molecule has 0 saturated heterocycles. The number of hydrogen-bond donors (Lipinski definition) is 2. The molecule has 0 aliphatic heterocycles. The molecule has 3 heteroatoms. The molecule has 2 N–H and O–H groups in total. The minimum absolute atomic E-state index is 0.229. The Morgan fingerprint density at radius 2 is 1.89 bits per heavy atom. The largest absolute Gasteiger partial charge is 0.395 e. The number of likely N-dealkylation sites (N-methyl/N-ethyl adjacent to an activating group) is 1. The van der Waals surface area contributed by atoms with Gasteiger partial charge in [-0.15, -0.1) is 0 Å². The van der Waals surface area contributed by atoms with Gasteiger partial charge in [0, 0.05) is 12.6 Å². The van der Waals surface area contributed by atoms with E-state index in [9.17, 15) is 0 Å². The van der Waals surface area contributed by atoms with E-state index in [-0.39, 0.29) is 6.61 Å². The molecule has 0 aromatic heterocycles. The van der Waals surface area contributed by atoms with Gasteiger partial charge in [0.05, 0.1) is 6.61 Å². The molecule has 0 spiro atoms. The maximum absolute atomic E-state index is 8.90. The third-order valence-electron chi connectivity index (χ3n) is 3.21. The molecule has 1 aromatic carbocycles. The highest BCUT2D eigenvalue weighted by atomic mass is 16.3. The number of aliphatic hydroxyl groups excluding tert-OH is 1. The second-order valence-corrected chi connectivity index (χ2v) is 4.84. The van der Waals surface area contributed by atoms with Gasteiger partial charge in [0.2, 0.25) is 0 Å². The van der Waals surface area contributed by atoms with E-state index in [2.05, 4.69) is 48.3 Å². The summed E-state index contributed by atoms with van der Waals surface area (Å²) in [4.78, 5) is 2.17. The quantitative estimate of drug-likeness (QED) is 0.740. The fraction of sp³-hybridized carbons (Fsp3) is 0.600. The number of rotatable bonds is 8. The van der Waals surface area contributed by atoms with Gasteiger partial charge in [0.25, 0.3) is 0 Å². The van der Waals surface area contributed by atoms with Crippen LogP contribution in [0.25, 0.3) is 0 Å². The molecule has 0 fully saturated rings. The summed E-state index contributed by atoms with van der Waals surface area (Å²) in [6, 6.07) is 9.13. The number of aryl methyl sites for hydroxylation is 1. The predicted molar refractivity (Wildman–Crippen MR) is 76.8 cm³/mol. The van der Waals surface area contributed by atoms with Crippen LogP contribution in [0.2, 0.25) is 0 Å². The Morgan fingerprint density at radius 3 is 2.44 bits per heavy atom. The zero-order valence-corrected chi connectivity index (χ0v) is 11.8. The lowest BCUT2D eigenvalue weighted by molar-refractivity contribution is 0.215. The maximum atomic E-state index is 8.90. The molecule has 0 saturated carbocycles. The average molecular weight is 250 g/mol. The van der Waals surface area contributed by atoms with E-state index >= 15 is 0 Å². The molecule has 3 nitrogen and oxygen atoms in total. The summed E-state index contributed by atoms with van der Waals surface area (Å²) in [6.45, 7) is 7.19. The van der Waals surface area contributed by atoms with Gasteiger partial charge in [0.15, 0.2) is 0 Å². The van der Waals surface area contributed by atoms with Gasteiger partial charge in [-0.3, -0.25) is 0 Å². The third-order valence-corrected chi connectivity index (χ3v) is 3.21. The van der Waals surface area contributed by atoms with Crippen LogP contribution < -0.4 is 5.32 Å². The number of aliphatic hydroxyl groups is 1. The molecule has 102 valence electrons. The van der Waals surface area contributed by atoms with Crippen LogP contribution in [0.15, 0.2) is 24.3 Å². The van der Waals surface area contributed by atoms with Crippen LogP contribution in [0, 0.1) is 6.92 Å². The average Bonchev–Trinajstić information content (AvgIpc) is 2.36. The van der Waals surface area contributed by atoms with Crippen molar-refractivity contribution in [3.63, 3.8) is 0 Å². The van der Waals surface area contributed by atoms with E-state index in [1.54, 1.807) is 0 Å². The lowest BCUT2D eigenvalue weighted by Gasteiger charge is -2.22. The van der Waals surface area contributed by atoms with Crippen LogP contribution in [-0.4, -0.2) is 43.3 Å². The van der Waals surface area contributed by atoms with Gasteiger partial charge in [-0.05, 0) is 39.0 Å². The molecule has 0 heterocycles. The smallest absolute Gasteiger partial charge is 0.0558 e. The van der Waals surface area contributed by atoms with Crippen molar-refractivity contribution in [2.75, 3.05) is 33.3 Å². The van der Waals surface area contributed by atoms with Crippen LogP contribution in [0.5, 0.6) is 0 Å². The first kappa shape index (κ1) is 15.2. The summed E-state index contributed by atoms with van der Waals surface area (Å²) in [5, 5.41) is 12.4. The SMILES string of the molecule is CCNC(CCN(C)CCO)c1ccc(C)cc1. The molecular formula is C15H26N2O. The minimum Gasteiger partial charge on any atom is -0.395 e. The second-order valence-electron chi connectivity index (χ2n) is 4.84. The lowest BCUT2D eigenvalue weighted by atomic mass is 10.0. The predicted octanol–water partition coefficient (Wildman–Crippen LogP) is 1.96. The molecule has 0 amide bonds. The van der Waals surface area contributed by atoms with Crippen molar-refractivity contribution in [3.05, 3.63) is 35.4 Å². The zero-order valence-electron chi connectivity index (χ0n) is 11.8. The summed E-state index contributed by atoms with van der Waals surface area (Å²) in [6.07, 6.45) is 1.06. The third kappa shape index (κ3) is 5.17. The van der Waals surface area contributed by atoms with E-state index in [1.807, 2.05) is 7.05 Å². The summed E-state index contributed by atoms with van der Waals surface area (Å²) in [5.41, 5.74) is 2.64. The van der Waals surface area contributed by atoms with Crippen LogP contribution in [-0.2, 0) is 0 Å². The van der Waals surface area contributed by atoms with Crippen molar-refractivity contribution in [3.8, 4) is 0 Å². The van der Waals surface area contributed by atoms with Crippen molar-refractivity contribution in [2.45, 2.75) is 26.3 Å². The van der Waals surface area contributed by atoms with E-state index in [1.165, 1.54) is 11.1 Å². The highest BCUT2D eigenvalue weighted by molar-refractivity contribution is 5.24. The first-order valence-electron chi connectivity index (χ1n) is 6.76. The molecule has 1 atom stereocenters. The number of benzene rings is 1. The Bertz CT molecular complexity index is 324. The summed E-state index contributed by atoms with van der Waals surface area (Å²) in [5.74, 6) is 0. The zero-order chi connectivity index (χ0) is 13.4. The van der Waals surface area contributed by atoms with Crippen LogP contribution in [0.4, 0.5) is 0 Å². The Morgan fingerprint density at radius 1 is 1.22 bits per heavy atom. The monoisotopic (exact) mass is 250 g/mol. The van der Waals surface area contributed by atoms with Crippen LogP contribution >= 0.6 is 0 Å². The van der Waals surface area contributed by atoms with Crippen LogP contribution in [0.3, 0.4) is 0 Å². The highest BCUT2D eigenvalue weighted by Gasteiger charge is 2.10. The standard InChI is InChI=1S/C15H26N2O/c1-4-16-15(9-10-17(3)11-12-18)14-7-5-13(2)6-8-14/h5-8,15-16,18H,4,9-12H2,1-3H3. The van der Waals surface area contributed by atoms with Crippen molar-refractivity contribution >= 4 is 0 Å². The summed E-state index contributed by atoms with van der Waals surface area (Å²) < 4.78 is 0. The summed E-state index contributed by atoms with van der Waals surface area (Å²) >= 11 is 0. The maximum Gasteiger partial charge on any atom is 0.0558 e. The van der Waals surface area contributed by atoms with Crippen LogP contribution in [0.1, 0.15) is 30.5 Å². The Kier molecular flexibility index (Phi) is 6.94. The van der Waals surface area contributed by atoms with Crippen molar-refractivity contribution in [1.29, 1.82) is 0 Å². The van der Waals surface area contributed by atoms with Gasteiger partial charge in [-0.2, -0.15) is 0 Å². The van der Waals surface area contributed by atoms with E-state index in [4.69, 9.17) is 5.11 Å². The van der Waals surface area contributed by atoms with Crippen molar-refractivity contribution in [2.24, 2.45) is 0 Å². The first-order valence-corrected chi connectivity index (χ1v) is 6.76. The number of hydrogen-bond acceptors (Lipinski definition) is 3. The molecule has 0 aliphatic carbocycles. The molecule has 1 aromatic rings. The Labute approximate surface area is 111 Å². The van der Waals surface area contributed by atoms with Gasteiger partial charge in [0.1, 0.15) is 0 Å². The highest BCUT2D eigenvalue weighted by Crippen LogP contribution is 2.17. The number of nitrogens with one attached hydrogen (secondary N) is 1. The normalized spacial score (nSPS) is 12.9. The van der Waals surface area contributed by atoms with Gasteiger partial charge < -0.3 is 15.3 Å².